The third kappa shape index (κ3) is 4.26. The van der Waals surface area contributed by atoms with E-state index in [-0.39, 0.29) is 11.9 Å². The number of hydrogen-bond acceptors (Lipinski definition) is 4. The zero-order chi connectivity index (χ0) is 19.3. The molecule has 0 aliphatic carbocycles. The van der Waals surface area contributed by atoms with Crippen molar-refractivity contribution in [3.63, 3.8) is 0 Å². The average Bonchev–Trinajstić information content (AvgIpc) is 3.18. The first-order valence-electron chi connectivity index (χ1n) is 10.2. The number of hydrogen-bond donors (Lipinski definition) is 1. The Labute approximate surface area is 170 Å². The monoisotopic (exact) mass is 393 g/mol. The number of nitrogens with zero attached hydrogens (tertiary/aromatic N) is 2. The van der Waals surface area contributed by atoms with E-state index < -0.39 is 0 Å². The van der Waals surface area contributed by atoms with E-state index in [1.54, 1.807) is 0 Å². The van der Waals surface area contributed by atoms with Crippen molar-refractivity contribution in [1.29, 1.82) is 0 Å². The summed E-state index contributed by atoms with van der Waals surface area (Å²) < 4.78 is 1.27. The summed E-state index contributed by atoms with van der Waals surface area (Å²) in [7, 11) is 0. The van der Waals surface area contributed by atoms with Gasteiger partial charge in [0.2, 0.25) is 5.91 Å². The predicted molar refractivity (Wildman–Crippen MR) is 116 cm³/mol. The second-order valence-corrected chi connectivity index (χ2v) is 8.52. The van der Waals surface area contributed by atoms with E-state index in [1.807, 2.05) is 47.7 Å². The quantitative estimate of drug-likeness (QED) is 0.667. The topological polar surface area (TPSA) is 45.2 Å². The van der Waals surface area contributed by atoms with E-state index in [0.717, 1.165) is 43.4 Å². The van der Waals surface area contributed by atoms with Gasteiger partial charge in [0.25, 0.3) is 0 Å². The zero-order valence-electron chi connectivity index (χ0n) is 16.3. The zero-order valence-corrected chi connectivity index (χ0v) is 17.1. The van der Waals surface area contributed by atoms with E-state index in [0.29, 0.717) is 12.5 Å². The molecule has 0 saturated carbocycles. The van der Waals surface area contributed by atoms with Gasteiger partial charge in [0.15, 0.2) is 0 Å². The van der Waals surface area contributed by atoms with Gasteiger partial charge >= 0.3 is 0 Å². The van der Waals surface area contributed by atoms with Crippen LogP contribution in [-0.4, -0.2) is 34.9 Å². The van der Waals surface area contributed by atoms with Gasteiger partial charge in [0.1, 0.15) is 0 Å². The molecule has 1 aliphatic rings. The number of piperidine rings is 1. The van der Waals surface area contributed by atoms with E-state index in [1.165, 1.54) is 9.71 Å². The molecule has 2 heterocycles. The highest BCUT2D eigenvalue weighted by Crippen LogP contribution is 2.34. The summed E-state index contributed by atoms with van der Waals surface area (Å²) >= 11 is 1.82. The summed E-state index contributed by atoms with van der Waals surface area (Å²) in [5.41, 5.74) is 2.25. The maximum atomic E-state index is 12.8. The molecular formula is C23H27N3OS. The van der Waals surface area contributed by atoms with Crippen LogP contribution in [0.1, 0.15) is 42.7 Å². The number of thiazole rings is 1. The Morgan fingerprint density at radius 3 is 2.57 bits per heavy atom. The van der Waals surface area contributed by atoms with Crippen LogP contribution in [-0.2, 0) is 11.3 Å². The lowest BCUT2D eigenvalue weighted by atomic mass is 9.95. The highest BCUT2D eigenvalue weighted by molar-refractivity contribution is 7.18. The van der Waals surface area contributed by atoms with Crippen molar-refractivity contribution in [2.24, 2.45) is 0 Å². The molecule has 1 N–H and O–H groups in total. The molecule has 4 rings (SSSR count). The minimum Gasteiger partial charge on any atom is -0.351 e. The number of amides is 1. The molecule has 0 bridgehead atoms. The van der Waals surface area contributed by atoms with Crippen LogP contribution in [0.4, 0.5) is 0 Å². The number of aromatic nitrogens is 1. The van der Waals surface area contributed by atoms with Gasteiger partial charge in [-0.2, -0.15) is 0 Å². The van der Waals surface area contributed by atoms with E-state index in [4.69, 9.17) is 4.98 Å². The molecule has 2 aromatic carbocycles. The summed E-state index contributed by atoms with van der Waals surface area (Å²) in [6.45, 7) is 4.61. The number of carbonyl (C=O) groups is 1. The van der Waals surface area contributed by atoms with Gasteiger partial charge in [-0.1, -0.05) is 49.4 Å². The average molecular weight is 394 g/mol. The van der Waals surface area contributed by atoms with Crippen LogP contribution >= 0.6 is 11.3 Å². The number of carbonyl (C=O) groups excluding carboxylic acids is 1. The maximum absolute atomic E-state index is 12.8. The molecule has 1 atom stereocenters. The van der Waals surface area contributed by atoms with Crippen LogP contribution < -0.4 is 5.32 Å². The first-order valence-corrected chi connectivity index (χ1v) is 11.0. The van der Waals surface area contributed by atoms with Crippen LogP contribution in [0.25, 0.3) is 10.2 Å². The molecule has 0 spiro atoms. The number of nitrogens with one attached hydrogen (secondary N) is 1. The fraction of sp³-hybridized carbons (Fsp3) is 0.391. The number of fused-ring (bicyclic) bond motifs is 1. The van der Waals surface area contributed by atoms with Gasteiger partial charge in [0, 0.05) is 12.5 Å². The molecule has 4 nitrogen and oxygen atoms in total. The van der Waals surface area contributed by atoms with Crippen molar-refractivity contribution in [3.8, 4) is 0 Å². The number of rotatable bonds is 6. The highest BCUT2D eigenvalue weighted by atomic mass is 32.1. The summed E-state index contributed by atoms with van der Waals surface area (Å²) in [4.78, 5) is 19.9. The predicted octanol–water partition coefficient (Wildman–Crippen LogP) is 4.57. The van der Waals surface area contributed by atoms with Crippen LogP contribution in [0.15, 0.2) is 54.6 Å². The number of benzene rings is 2. The Morgan fingerprint density at radius 2 is 1.86 bits per heavy atom. The Morgan fingerprint density at radius 1 is 1.14 bits per heavy atom. The normalized spacial score (nSPS) is 16.9. The number of para-hydroxylation sites is 1. The lowest BCUT2D eigenvalue weighted by Gasteiger charge is -2.36. The molecule has 0 unspecified atom stereocenters. The second kappa shape index (κ2) is 8.84. The summed E-state index contributed by atoms with van der Waals surface area (Å²) in [5, 5.41) is 4.37. The van der Waals surface area contributed by atoms with Crippen molar-refractivity contribution in [2.45, 2.75) is 44.7 Å². The molecule has 28 heavy (non-hydrogen) atoms. The molecular weight excluding hydrogens is 366 g/mol. The van der Waals surface area contributed by atoms with Crippen LogP contribution in [0.2, 0.25) is 0 Å². The first kappa shape index (κ1) is 19.1. The largest absolute Gasteiger partial charge is 0.351 e. The van der Waals surface area contributed by atoms with Gasteiger partial charge in [-0.3, -0.25) is 9.69 Å². The molecule has 1 aromatic heterocycles. The van der Waals surface area contributed by atoms with Crippen molar-refractivity contribution in [1.82, 2.24) is 15.2 Å². The maximum Gasteiger partial charge on any atom is 0.237 e. The van der Waals surface area contributed by atoms with Gasteiger partial charge in [-0.25, -0.2) is 4.98 Å². The smallest absolute Gasteiger partial charge is 0.237 e. The third-order valence-electron chi connectivity index (χ3n) is 5.63. The third-order valence-corrected chi connectivity index (χ3v) is 6.83. The Kier molecular flexibility index (Phi) is 6.03. The molecule has 0 radical (unpaired) electrons. The fourth-order valence-corrected chi connectivity index (χ4v) is 5.17. The van der Waals surface area contributed by atoms with Gasteiger partial charge in [-0.15, -0.1) is 11.3 Å². The minimum absolute atomic E-state index is 0.0416. The molecule has 1 amide bonds. The van der Waals surface area contributed by atoms with Crippen molar-refractivity contribution in [3.05, 3.63) is 65.2 Å². The van der Waals surface area contributed by atoms with Crippen LogP contribution in [0.3, 0.4) is 0 Å². The van der Waals surface area contributed by atoms with Crippen molar-refractivity contribution < 1.29 is 4.79 Å². The summed E-state index contributed by atoms with van der Waals surface area (Å²) in [6, 6.07) is 18.4. The molecule has 1 aliphatic heterocycles. The standard InChI is InChI=1S/C23H27N3OS/c1-2-20(22(27)24-16-17-8-4-3-5-9-17)26-14-12-18(13-15-26)23-25-19-10-6-7-11-21(19)28-23/h3-11,18,20H,2,12-16H2,1H3,(H,24,27)/t20-/m0/s1. The Balaban J connectivity index is 1.34. The molecule has 3 aromatic rings. The molecule has 1 fully saturated rings. The van der Waals surface area contributed by atoms with Gasteiger partial charge in [0.05, 0.1) is 21.3 Å². The lowest BCUT2D eigenvalue weighted by molar-refractivity contribution is -0.127. The second-order valence-electron chi connectivity index (χ2n) is 7.46. The van der Waals surface area contributed by atoms with Crippen LogP contribution in [0.5, 0.6) is 0 Å². The SMILES string of the molecule is CC[C@@H](C(=O)NCc1ccccc1)N1CCC(c2nc3ccccc3s2)CC1. The Bertz CT molecular complexity index is 883. The lowest BCUT2D eigenvalue weighted by Crippen LogP contribution is -2.49. The fourth-order valence-electron chi connectivity index (χ4n) is 4.04. The van der Waals surface area contributed by atoms with E-state index in [9.17, 15) is 4.79 Å². The van der Waals surface area contributed by atoms with Crippen molar-refractivity contribution >= 4 is 27.5 Å². The summed E-state index contributed by atoms with van der Waals surface area (Å²) in [6.07, 6.45) is 2.98. The summed E-state index contributed by atoms with van der Waals surface area (Å²) in [5.74, 6) is 0.656. The first-order chi connectivity index (χ1) is 13.7. The van der Waals surface area contributed by atoms with Gasteiger partial charge < -0.3 is 5.32 Å². The van der Waals surface area contributed by atoms with Crippen LogP contribution in [0, 0.1) is 0 Å². The molecule has 1 saturated heterocycles. The Hall–Kier alpha value is -2.24. The van der Waals surface area contributed by atoms with E-state index >= 15 is 0 Å². The van der Waals surface area contributed by atoms with Gasteiger partial charge in [-0.05, 0) is 50.0 Å². The molecule has 5 heteroatoms. The van der Waals surface area contributed by atoms with Crippen molar-refractivity contribution in [2.75, 3.05) is 13.1 Å². The molecule has 146 valence electrons. The minimum atomic E-state index is -0.0416. The highest BCUT2D eigenvalue weighted by Gasteiger charge is 2.30. The number of likely N-dealkylation sites (tertiary alicyclic amines) is 1. The van der Waals surface area contributed by atoms with E-state index in [2.05, 4.69) is 35.3 Å².